The molecule has 2 fully saturated rings. The fourth-order valence-corrected chi connectivity index (χ4v) is 3.53. The van der Waals surface area contributed by atoms with Crippen LogP contribution in [0.1, 0.15) is 32.1 Å². The van der Waals surface area contributed by atoms with Gasteiger partial charge in [0.1, 0.15) is 0 Å². The maximum Gasteiger partial charge on any atom is 0.00193 e. The first kappa shape index (κ1) is 14.3. The number of nitrogens with zero attached hydrogens (tertiary/aromatic N) is 2. The van der Waals surface area contributed by atoms with E-state index in [2.05, 4.69) is 29.2 Å². The predicted molar refractivity (Wildman–Crippen MR) is 77.9 cm³/mol. The third-order valence-corrected chi connectivity index (χ3v) is 4.67. The van der Waals surface area contributed by atoms with E-state index in [0.717, 1.165) is 11.8 Å². The summed E-state index contributed by atoms with van der Waals surface area (Å²) in [5.41, 5.74) is 0. The van der Waals surface area contributed by atoms with Crippen LogP contribution in [0.4, 0.5) is 0 Å². The van der Waals surface area contributed by atoms with E-state index in [0.29, 0.717) is 0 Å². The van der Waals surface area contributed by atoms with Crippen LogP contribution in [0.25, 0.3) is 0 Å². The zero-order chi connectivity index (χ0) is 12.8. The summed E-state index contributed by atoms with van der Waals surface area (Å²) < 4.78 is 0. The average Bonchev–Trinajstić information content (AvgIpc) is 2.76. The summed E-state index contributed by atoms with van der Waals surface area (Å²) in [5.74, 6) is 1.91. The Bertz CT molecular complexity index is 226. The van der Waals surface area contributed by atoms with Crippen molar-refractivity contribution >= 4 is 0 Å². The summed E-state index contributed by atoms with van der Waals surface area (Å²) in [7, 11) is 4.55. The molecule has 1 unspecified atom stereocenters. The van der Waals surface area contributed by atoms with Gasteiger partial charge in [-0.05, 0) is 84.2 Å². The van der Waals surface area contributed by atoms with Gasteiger partial charge in [0.15, 0.2) is 0 Å². The molecule has 1 atom stereocenters. The highest BCUT2D eigenvalue weighted by Gasteiger charge is 2.20. The van der Waals surface area contributed by atoms with Crippen LogP contribution in [0, 0.1) is 11.8 Å². The quantitative estimate of drug-likeness (QED) is 0.776. The zero-order valence-electron chi connectivity index (χ0n) is 12.3. The summed E-state index contributed by atoms with van der Waals surface area (Å²) in [6, 6.07) is 0. The smallest absolute Gasteiger partial charge is 0.00193 e. The van der Waals surface area contributed by atoms with E-state index >= 15 is 0 Å². The first-order chi connectivity index (χ1) is 8.74. The lowest BCUT2D eigenvalue weighted by atomic mass is 9.93. The lowest BCUT2D eigenvalue weighted by Gasteiger charge is -2.25. The molecule has 0 aromatic rings. The summed E-state index contributed by atoms with van der Waals surface area (Å²) in [6.07, 6.45) is 7.03. The third-order valence-electron chi connectivity index (χ3n) is 4.67. The number of rotatable bonds is 6. The Morgan fingerprint density at radius 2 is 1.94 bits per heavy atom. The molecule has 18 heavy (non-hydrogen) atoms. The van der Waals surface area contributed by atoms with Crippen LogP contribution in [0.5, 0.6) is 0 Å². The van der Waals surface area contributed by atoms with Crippen LogP contribution >= 0.6 is 0 Å². The van der Waals surface area contributed by atoms with Crippen molar-refractivity contribution in [2.24, 2.45) is 11.8 Å². The Kier molecular flexibility index (Phi) is 5.93. The second kappa shape index (κ2) is 7.46. The normalized spacial score (nSPS) is 27.2. The van der Waals surface area contributed by atoms with Crippen molar-refractivity contribution in [1.29, 1.82) is 0 Å². The molecule has 3 nitrogen and oxygen atoms in total. The number of nitrogens with one attached hydrogen (secondary N) is 1. The molecule has 3 heteroatoms. The van der Waals surface area contributed by atoms with Gasteiger partial charge in [-0.3, -0.25) is 0 Å². The van der Waals surface area contributed by atoms with Gasteiger partial charge in [0.2, 0.25) is 0 Å². The van der Waals surface area contributed by atoms with Crippen molar-refractivity contribution in [2.75, 3.05) is 53.4 Å². The number of hydrogen-bond donors (Lipinski definition) is 1. The maximum absolute atomic E-state index is 3.45. The van der Waals surface area contributed by atoms with Crippen LogP contribution in [0.3, 0.4) is 0 Å². The van der Waals surface area contributed by atoms with E-state index in [-0.39, 0.29) is 0 Å². The molecule has 0 aromatic carbocycles. The van der Waals surface area contributed by atoms with Gasteiger partial charge in [-0.2, -0.15) is 0 Å². The van der Waals surface area contributed by atoms with E-state index in [9.17, 15) is 0 Å². The minimum Gasteiger partial charge on any atom is -0.317 e. The molecule has 0 spiro atoms. The molecule has 2 aliphatic rings. The second-order valence-electron chi connectivity index (χ2n) is 6.51. The maximum atomic E-state index is 3.45. The van der Waals surface area contributed by atoms with E-state index in [1.165, 1.54) is 71.4 Å². The highest BCUT2D eigenvalue weighted by Crippen LogP contribution is 2.19. The van der Waals surface area contributed by atoms with E-state index < -0.39 is 0 Å². The lowest BCUT2D eigenvalue weighted by molar-refractivity contribution is 0.255. The largest absolute Gasteiger partial charge is 0.317 e. The third kappa shape index (κ3) is 4.87. The number of likely N-dealkylation sites (tertiary alicyclic amines) is 1. The molecule has 2 aliphatic heterocycles. The van der Waals surface area contributed by atoms with Gasteiger partial charge < -0.3 is 15.1 Å². The first-order valence-corrected chi connectivity index (χ1v) is 7.82. The minimum absolute atomic E-state index is 0.916. The Morgan fingerprint density at radius 3 is 2.61 bits per heavy atom. The van der Waals surface area contributed by atoms with E-state index in [4.69, 9.17) is 0 Å². The Labute approximate surface area is 113 Å². The first-order valence-electron chi connectivity index (χ1n) is 7.82. The molecule has 0 bridgehead atoms. The molecule has 0 saturated carbocycles. The predicted octanol–water partition coefficient (Wildman–Crippen LogP) is 1.65. The van der Waals surface area contributed by atoms with Crippen LogP contribution < -0.4 is 5.32 Å². The average molecular weight is 253 g/mol. The summed E-state index contributed by atoms with van der Waals surface area (Å²) >= 11 is 0. The van der Waals surface area contributed by atoms with Gasteiger partial charge in [-0.25, -0.2) is 0 Å². The molecule has 2 saturated heterocycles. The Morgan fingerprint density at radius 1 is 1.17 bits per heavy atom. The van der Waals surface area contributed by atoms with Gasteiger partial charge in [0.05, 0.1) is 0 Å². The van der Waals surface area contributed by atoms with Crippen molar-refractivity contribution < 1.29 is 0 Å². The van der Waals surface area contributed by atoms with Crippen molar-refractivity contribution in [3.05, 3.63) is 0 Å². The van der Waals surface area contributed by atoms with Gasteiger partial charge in [-0.15, -0.1) is 0 Å². The molecule has 0 aromatic heterocycles. The highest BCUT2D eigenvalue weighted by atomic mass is 15.1. The van der Waals surface area contributed by atoms with E-state index in [1.54, 1.807) is 0 Å². The molecule has 0 amide bonds. The summed E-state index contributed by atoms with van der Waals surface area (Å²) in [6.45, 7) is 7.69. The SMILES string of the molecule is CN(CCCC1CCNCC1)CC1CCN(C)C1. The van der Waals surface area contributed by atoms with E-state index in [1.807, 2.05) is 0 Å². The molecule has 2 rings (SSSR count). The highest BCUT2D eigenvalue weighted by molar-refractivity contribution is 4.75. The number of piperidine rings is 1. The summed E-state index contributed by atoms with van der Waals surface area (Å²) in [4.78, 5) is 5.03. The molecule has 0 radical (unpaired) electrons. The fourth-order valence-electron chi connectivity index (χ4n) is 3.53. The van der Waals surface area contributed by atoms with Crippen LogP contribution in [-0.2, 0) is 0 Å². The van der Waals surface area contributed by atoms with Gasteiger partial charge >= 0.3 is 0 Å². The molecular formula is C15H31N3. The Balaban J connectivity index is 1.52. The molecule has 106 valence electrons. The standard InChI is InChI=1S/C15H31N3/c1-17(12-15-7-11-18(2)13-15)10-3-4-14-5-8-16-9-6-14/h14-16H,3-13H2,1-2H3. The van der Waals surface area contributed by atoms with Crippen LogP contribution in [0.15, 0.2) is 0 Å². The second-order valence-corrected chi connectivity index (χ2v) is 6.51. The topological polar surface area (TPSA) is 18.5 Å². The van der Waals surface area contributed by atoms with Crippen molar-refractivity contribution in [3.8, 4) is 0 Å². The van der Waals surface area contributed by atoms with Crippen molar-refractivity contribution in [2.45, 2.75) is 32.1 Å². The molecule has 0 aliphatic carbocycles. The minimum atomic E-state index is 0.916. The van der Waals surface area contributed by atoms with Gasteiger partial charge in [-0.1, -0.05) is 0 Å². The fraction of sp³-hybridized carbons (Fsp3) is 1.00. The van der Waals surface area contributed by atoms with Gasteiger partial charge in [0, 0.05) is 13.1 Å². The van der Waals surface area contributed by atoms with Crippen LogP contribution in [-0.4, -0.2) is 63.2 Å². The van der Waals surface area contributed by atoms with Crippen molar-refractivity contribution in [3.63, 3.8) is 0 Å². The summed E-state index contributed by atoms with van der Waals surface area (Å²) in [5, 5.41) is 3.45. The molecule has 1 N–H and O–H groups in total. The number of hydrogen-bond acceptors (Lipinski definition) is 3. The molecular weight excluding hydrogens is 222 g/mol. The lowest BCUT2D eigenvalue weighted by Crippen LogP contribution is -2.30. The monoisotopic (exact) mass is 253 g/mol. The van der Waals surface area contributed by atoms with Crippen LogP contribution in [0.2, 0.25) is 0 Å². The van der Waals surface area contributed by atoms with Crippen molar-refractivity contribution in [1.82, 2.24) is 15.1 Å². The Hall–Kier alpha value is -0.120. The molecule has 2 heterocycles. The van der Waals surface area contributed by atoms with Gasteiger partial charge in [0.25, 0.3) is 0 Å². The zero-order valence-corrected chi connectivity index (χ0v) is 12.3.